The quantitative estimate of drug-likeness (QED) is 0.330. The molecule has 0 bridgehead atoms. The number of hydrogen-bond acceptors (Lipinski definition) is 5. The lowest BCUT2D eigenvalue weighted by Crippen LogP contribution is -3.00. The van der Waals surface area contributed by atoms with E-state index in [0.717, 1.165) is 0 Å². The van der Waals surface area contributed by atoms with Gasteiger partial charge in [0.15, 0.2) is 0 Å². The van der Waals surface area contributed by atoms with Gasteiger partial charge >= 0.3 is 6.61 Å². The van der Waals surface area contributed by atoms with Crippen molar-refractivity contribution in [1.82, 2.24) is 14.5 Å². The van der Waals surface area contributed by atoms with Gasteiger partial charge in [-0.05, 0) is 0 Å². The van der Waals surface area contributed by atoms with Crippen molar-refractivity contribution in [2.75, 3.05) is 6.61 Å². The summed E-state index contributed by atoms with van der Waals surface area (Å²) in [4.78, 5) is 34.7. The second-order valence-electron chi connectivity index (χ2n) is 6.51. The molecular weight excluding hydrogens is 462 g/mol. The summed E-state index contributed by atoms with van der Waals surface area (Å²) < 4.78 is 32.5. The molecular formula is C20H17BrF2N4O3. The van der Waals surface area contributed by atoms with Crippen molar-refractivity contribution in [2.45, 2.75) is 26.6 Å². The molecule has 0 spiro atoms. The minimum Gasteiger partial charge on any atom is -1.00 e. The summed E-state index contributed by atoms with van der Waals surface area (Å²) in [6.07, 6.45) is 4.64. The third kappa shape index (κ3) is 3.80. The molecule has 0 atom stereocenters. The van der Waals surface area contributed by atoms with Gasteiger partial charge in [0.1, 0.15) is 18.8 Å². The minimum absolute atomic E-state index is 0. The first-order valence-corrected chi connectivity index (χ1v) is 8.95. The molecule has 2 heterocycles. The minimum atomic E-state index is -2.91. The van der Waals surface area contributed by atoms with Gasteiger partial charge in [-0.1, -0.05) is 24.3 Å². The standard InChI is InChI=1S/C20H17F2N4O3.BrH/c1-12-25(8-9-29-20(21)22)16-17(26(12)11-13-10-23-6-7-24-13)19(28)15-5-3-2-4-14(15)18(16)27;/h2-7,10,20H,8-9,11H2,1H3;1H/q+1;/p-1. The third-order valence-corrected chi connectivity index (χ3v) is 4.89. The maximum atomic E-state index is 13.2. The fraction of sp³-hybridized carbons (Fsp3) is 0.250. The summed E-state index contributed by atoms with van der Waals surface area (Å²) in [5.41, 5.74) is 1.61. The topological polar surface area (TPSA) is 78.0 Å². The Balaban J connectivity index is 0.00000256. The van der Waals surface area contributed by atoms with Crippen LogP contribution in [0, 0.1) is 6.92 Å². The predicted octanol–water partition coefficient (Wildman–Crippen LogP) is -1.06. The van der Waals surface area contributed by atoms with Gasteiger partial charge in [-0.25, -0.2) is 9.13 Å². The van der Waals surface area contributed by atoms with E-state index in [0.29, 0.717) is 22.6 Å². The predicted molar refractivity (Wildman–Crippen MR) is 95.8 cm³/mol. The molecule has 1 aliphatic carbocycles. The molecule has 0 N–H and O–H groups in total. The van der Waals surface area contributed by atoms with Crippen LogP contribution >= 0.6 is 0 Å². The van der Waals surface area contributed by atoms with Gasteiger partial charge in [-0.15, -0.1) is 0 Å². The Labute approximate surface area is 181 Å². The number of halogens is 3. The molecule has 2 aromatic heterocycles. The van der Waals surface area contributed by atoms with Crippen LogP contribution in [0.5, 0.6) is 0 Å². The highest BCUT2D eigenvalue weighted by molar-refractivity contribution is 6.26. The number of alkyl halides is 2. The second-order valence-corrected chi connectivity index (χ2v) is 6.51. The first kappa shape index (κ1) is 21.8. The molecule has 7 nitrogen and oxygen atoms in total. The van der Waals surface area contributed by atoms with Crippen molar-refractivity contribution in [3.05, 3.63) is 76.9 Å². The Morgan fingerprint density at radius 2 is 1.83 bits per heavy atom. The lowest BCUT2D eigenvalue weighted by molar-refractivity contribution is -0.696. The fourth-order valence-electron chi connectivity index (χ4n) is 3.59. The maximum Gasteiger partial charge on any atom is 0.345 e. The molecule has 0 saturated carbocycles. The van der Waals surface area contributed by atoms with Crippen LogP contribution in [-0.2, 0) is 17.8 Å². The molecule has 1 aromatic carbocycles. The number of ketones is 2. The van der Waals surface area contributed by atoms with Crippen LogP contribution in [0.15, 0.2) is 42.9 Å². The molecule has 1 aliphatic rings. The molecule has 10 heteroatoms. The van der Waals surface area contributed by atoms with E-state index in [9.17, 15) is 18.4 Å². The van der Waals surface area contributed by atoms with Gasteiger partial charge < -0.3 is 21.7 Å². The Hall–Kier alpha value is -2.85. The Morgan fingerprint density at radius 3 is 2.47 bits per heavy atom. The normalized spacial score (nSPS) is 12.5. The van der Waals surface area contributed by atoms with Gasteiger partial charge in [0.2, 0.25) is 23.0 Å². The Morgan fingerprint density at radius 1 is 1.13 bits per heavy atom. The van der Waals surface area contributed by atoms with Crippen LogP contribution in [0.1, 0.15) is 43.6 Å². The summed E-state index contributed by atoms with van der Waals surface area (Å²) >= 11 is 0. The summed E-state index contributed by atoms with van der Waals surface area (Å²) in [7, 11) is 0. The number of nitrogens with zero attached hydrogens (tertiary/aromatic N) is 4. The number of benzene rings is 1. The van der Waals surface area contributed by atoms with Crippen molar-refractivity contribution < 1.29 is 44.7 Å². The van der Waals surface area contributed by atoms with Crippen LogP contribution < -0.4 is 21.5 Å². The van der Waals surface area contributed by atoms with Crippen LogP contribution in [0.3, 0.4) is 0 Å². The van der Waals surface area contributed by atoms with Gasteiger partial charge in [0, 0.05) is 30.4 Å². The van der Waals surface area contributed by atoms with Crippen LogP contribution in [0.4, 0.5) is 8.78 Å². The van der Waals surface area contributed by atoms with E-state index in [-0.39, 0.29) is 59.6 Å². The number of hydrogen-bond donors (Lipinski definition) is 0. The molecule has 0 aliphatic heterocycles. The highest BCUT2D eigenvalue weighted by Gasteiger charge is 2.42. The third-order valence-electron chi connectivity index (χ3n) is 4.89. The first-order chi connectivity index (χ1) is 14.0. The van der Waals surface area contributed by atoms with E-state index < -0.39 is 6.61 Å². The number of fused-ring (bicyclic) bond motifs is 2. The molecule has 30 heavy (non-hydrogen) atoms. The van der Waals surface area contributed by atoms with Gasteiger partial charge in [0.25, 0.3) is 5.82 Å². The number of carbonyl (C=O) groups excluding carboxylic acids is 2. The molecule has 0 unspecified atom stereocenters. The number of carbonyl (C=O) groups is 2. The van der Waals surface area contributed by atoms with Crippen LogP contribution in [0.2, 0.25) is 0 Å². The zero-order valence-corrected chi connectivity index (χ0v) is 17.5. The number of rotatable bonds is 6. The van der Waals surface area contributed by atoms with Crippen LogP contribution in [-0.4, -0.2) is 39.3 Å². The van der Waals surface area contributed by atoms with Gasteiger partial charge in [0.05, 0.1) is 12.8 Å². The highest BCUT2D eigenvalue weighted by Crippen LogP contribution is 2.27. The molecule has 0 fully saturated rings. The zero-order chi connectivity index (χ0) is 20.5. The van der Waals surface area contributed by atoms with Crippen molar-refractivity contribution in [3.8, 4) is 0 Å². The first-order valence-electron chi connectivity index (χ1n) is 8.95. The highest BCUT2D eigenvalue weighted by atomic mass is 79.9. The zero-order valence-electron chi connectivity index (χ0n) is 15.9. The molecule has 0 radical (unpaired) electrons. The molecule has 3 aromatic rings. The van der Waals surface area contributed by atoms with Gasteiger partial charge in [-0.3, -0.25) is 19.6 Å². The number of aromatic nitrogens is 4. The lowest BCUT2D eigenvalue weighted by Gasteiger charge is -2.13. The van der Waals surface area contributed by atoms with Crippen LogP contribution in [0.25, 0.3) is 0 Å². The van der Waals surface area contributed by atoms with Gasteiger partial charge in [-0.2, -0.15) is 8.78 Å². The SMILES string of the molecule is Cc1n(CCOC(F)F)c2c([n+]1Cc1cnccn1)C(=O)c1ccccc1C2=O.[Br-]. The summed E-state index contributed by atoms with van der Waals surface area (Å²) in [5.74, 6) is -0.0583. The van der Waals surface area contributed by atoms with Crippen molar-refractivity contribution in [2.24, 2.45) is 0 Å². The molecule has 0 saturated heterocycles. The summed E-state index contributed by atoms with van der Waals surface area (Å²) in [6, 6.07) is 6.58. The van der Waals surface area contributed by atoms with Crippen molar-refractivity contribution in [3.63, 3.8) is 0 Å². The number of imidazole rings is 1. The fourth-order valence-corrected chi connectivity index (χ4v) is 3.59. The van der Waals surface area contributed by atoms with E-state index >= 15 is 0 Å². The van der Waals surface area contributed by atoms with E-state index in [1.165, 1.54) is 12.4 Å². The molecule has 4 rings (SSSR count). The van der Waals surface area contributed by atoms with E-state index in [1.807, 2.05) is 0 Å². The molecule has 0 amide bonds. The Bertz CT molecular complexity index is 1100. The summed E-state index contributed by atoms with van der Waals surface area (Å²) in [6.45, 7) is -1.26. The maximum absolute atomic E-state index is 13.2. The average Bonchev–Trinajstić information content (AvgIpc) is 2.99. The monoisotopic (exact) mass is 478 g/mol. The Kier molecular flexibility index (Phi) is 6.47. The second kappa shape index (κ2) is 8.88. The van der Waals surface area contributed by atoms with E-state index in [2.05, 4.69) is 14.7 Å². The van der Waals surface area contributed by atoms with E-state index in [1.54, 1.807) is 46.5 Å². The molecule has 156 valence electrons. The lowest BCUT2D eigenvalue weighted by atomic mass is 9.90. The van der Waals surface area contributed by atoms with E-state index in [4.69, 9.17) is 0 Å². The average molecular weight is 479 g/mol. The van der Waals surface area contributed by atoms with Crippen molar-refractivity contribution in [1.29, 1.82) is 0 Å². The summed E-state index contributed by atoms with van der Waals surface area (Å²) in [5, 5.41) is 0. The van der Waals surface area contributed by atoms with Crippen molar-refractivity contribution >= 4 is 11.6 Å². The smallest absolute Gasteiger partial charge is 0.345 e. The number of ether oxygens (including phenoxy) is 1. The largest absolute Gasteiger partial charge is 1.00 e.